The fourth-order valence-electron chi connectivity index (χ4n) is 1.65. The number of hydrogen-bond donors (Lipinski definition) is 2. The number of anilines is 3. The van der Waals surface area contributed by atoms with Crippen molar-refractivity contribution in [3.63, 3.8) is 0 Å². The van der Waals surface area contributed by atoms with Gasteiger partial charge in [0.2, 0.25) is 5.95 Å². The molecule has 2 rings (SSSR count). The summed E-state index contributed by atoms with van der Waals surface area (Å²) in [6, 6.07) is 5.98. The van der Waals surface area contributed by atoms with E-state index in [1.54, 1.807) is 6.20 Å². The largest absolute Gasteiger partial charge is 0.364 e. The highest BCUT2D eigenvalue weighted by Crippen LogP contribution is 2.22. The second-order valence-corrected chi connectivity index (χ2v) is 6.48. The van der Waals surface area contributed by atoms with Gasteiger partial charge >= 0.3 is 0 Å². The van der Waals surface area contributed by atoms with Crippen LogP contribution in [0.3, 0.4) is 0 Å². The van der Waals surface area contributed by atoms with Crippen LogP contribution in [0.5, 0.6) is 0 Å². The van der Waals surface area contributed by atoms with Crippen LogP contribution in [0.25, 0.3) is 0 Å². The fraction of sp³-hybridized carbons (Fsp3) is 0.357. The van der Waals surface area contributed by atoms with Gasteiger partial charge in [-0.3, -0.25) is 0 Å². The molecule has 20 heavy (non-hydrogen) atoms. The molecule has 0 radical (unpaired) electrons. The van der Waals surface area contributed by atoms with E-state index in [-0.39, 0.29) is 5.54 Å². The minimum Gasteiger partial charge on any atom is -0.364 e. The Bertz CT molecular complexity index is 607. The normalized spacial score (nSPS) is 11.2. The van der Waals surface area contributed by atoms with E-state index in [2.05, 4.69) is 62.5 Å². The van der Waals surface area contributed by atoms with Gasteiger partial charge in [0.25, 0.3) is 0 Å². The van der Waals surface area contributed by atoms with Crippen molar-refractivity contribution in [1.82, 2.24) is 15.2 Å². The van der Waals surface area contributed by atoms with Crippen molar-refractivity contribution >= 4 is 33.4 Å². The van der Waals surface area contributed by atoms with Crippen molar-refractivity contribution in [2.75, 3.05) is 10.6 Å². The van der Waals surface area contributed by atoms with E-state index < -0.39 is 0 Å². The monoisotopic (exact) mass is 335 g/mol. The lowest BCUT2D eigenvalue weighted by Crippen LogP contribution is -2.27. The average molecular weight is 336 g/mol. The van der Waals surface area contributed by atoms with Crippen molar-refractivity contribution < 1.29 is 0 Å². The molecule has 0 saturated carbocycles. The van der Waals surface area contributed by atoms with Gasteiger partial charge in [0.15, 0.2) is 5.82 Å². The number of nitrogens with zero attached hydrogens (tertiary/aromatic N) is 3. The topological polar surface area (TPSA) is 62.7 Å². The Morgan fingerprint density at radius 1 is 1.20 bits per heavy atom. The molecule has 5 nitrogen and oxygen atoms in total. The molecule has 106 valence electrons. The summed E-state index contributed by atoms with van der Waals surface area (Å²) in [4.78, 5) is 4.40. The van der Waals surface area contributed by atoms with Crippen molar-refractivity contribution in [2.24, 2.45) is 0 Å². The van der Waals surface area contributed by atoms with Gasteiger partial charge in [-0.15, -0.1) is 5.10 Å². The van der Waals surface area contributed by atoms with E-state index in [0.29, 0.717) is 11.8 Å². The highest BCUT2D eigenvalue weighted by molar-refractivity contribution is 9.10. The molecule has 1 aromatic heterocycles. The number of nitrogens with one attached hydrogen (secondary N) is 2. The average Bonchev–Trinajstić information content (AvgIpc) is 2.32. The molecule has 0 bridgehead atoms. The van der Waals surface area contributed by atoms with E-state index in [1.807, 2.05) is 25.1 Å². The van der Waals surface area contributed by atoms with Crippen LogP contribution in [0.2, 0.25) is 0 Å². The van der Waals surface area contributed by atoms with Crippen LogP contribution in [0.15, 0.2) is 28.9 Å². The van der Waals surface area contributed by atoms with E-state index >= 15 is 0 Å². The third kappa shape index (κ3) is 4.16. The summed E-state index contributed by atoms with van der Waals surface area (Å²) in [5.41, 5.74) is 2.01. The smallest absolute Gasteiger partial charge is 0.249 e. The van der Waals surface area contributed by atoms with E-state index in [0.717, 1.165) is 15.7 Å². The van der Waals surface area contributed by atoms with Crippen molar-refractivity contribution in [1.29, 1.82) is 0 Å². The van der Waals surface area contributed by atoms with Gasteiger partial charge in [0.1, 0.15) is 0 Å². The van der Waals surface area contributed by atoms with Crippen LogP contribution in [0, 0.1) is 6.92 Å². The zero-order chi connectivity index (χ0) is 14.8. The third-order valence-electron chi connectivity index (χ3n) is 2.48. The number of rotatable bonds is 3. The Kier molecular flexibility index (Phi) is 4.23. The Hall–Kier alpha value is -1.69. The summed E-state index contributed by atoms with van der Waals surface area (Å²) in [5, 5.41) is 14.4. The summed E-state index contributed by atoms with van der Waals surface area (Å²) < 4.78 is 1.07. The van der Waals surface area contributed by atoms with Gasteiger partial charge in [0.05, 0.1) is 6.20 Å². The Balaban J connectivity index is 2.17. The summed E-state index contributed by atoms with van der Waals surface area (Å²) in [7, 11) is 0. The second-order valence-electron chi connectivity index (χ2n) is 5.63. The maximum atomic E-state index is 4.40. The number of aromatic nitrogens is 3. The molecule has 2 N–H and O–H groups in total. The van der Waals surface area contributed by atoms with Crippen LogP contribution in [0.4, 0.5) is 17.5 Å². The number of halogens is 1. The van der Waals surface area contributed by atoms with Gasteiger partial charge in [-0.25, -0.2) is 0 Å². The predicted molar refractivity (Wildman–Crippen MR) is 85.4 cm³/mol. The van der Waals surface area contributed by atoms with Gasteiger partial charge in [-0.2, -0.15) is 10.1 Å². The van der Waals surface area contributed by atoms with Crippen molar-refractivity contribution in [3.8, 4) is 0 Å². The summed E-state index contributed by atoms with van der Waals surface area (Å²) in [6.07, 6.45) is 1.61. The summed E-state index contributed by atoms with van der Waals surface area (Å²) in [5.74, 6) is 1.17. The van der Waals surface area contributed by atoms with Gasteiger partial charge in [-0.1, -0.05) is 15.9 Å². The standard InChI is InChI=1S/C14H18BrN5/c1-9-7-10(5-6-11(9)15)17-13-18-12(8-16-20-13)19-14(2,3)4/h5-8H,1-4H3,(H2,17,18,19,20). The first kappa shape index (κ1) is 14.7. The SMILES string of the molecule is Cc1cc(Nc2nncc(NC(C)(C)C)n2)ccc1Br. The molecule has 6 heteroatoms. The summed E-state index contributed by atoms with van der Waals surface area (Å²) >= 11 is 3.48. The minimum absolute atomic E-state index is 0.0680. The van der Waals surface area contributed by atoms with Gasteiger partial charge < -0.3 is 10.6 Å². The number of benzene rings is 1. The Labute approximate surface area is 127 Å². The van der Waals surface area contributed by atoms with Crippen molar-refractivity contribution in [2.45, 2.75) is 33.2 Å². The molecule has 0 aliphatic carbocycles. The molecule has 0 amide bonds. The maximum Gasteiger partial charge on any atom is 0.249 e. The first-order valence-corrected chi connectivity index (χ1v) is 7.14. The summed E-state index contributed by atoms with van der Waals surface area (Å²) in [6.45, 7) is 8.24. The van der Waals surface area contributed by atoms with Gasteiger partial charge in [-0.05, 0) is 51.5 Å². The first-order valence-electron chi connectivity index (χ1n) is 6.34. The molecule has 0 spiro atoms. The first-order chi connectivity index (χ1) is 9.33. The highest BCUT2D eigenvalue weighted by atomic mass is 79.9. The van der Waals surface area contributed by atoms with Crippen LogP contribution in [0.1, 0.15) is 26.3 Å². The lowest BCUT2D eigenvalue weighted by atomic mass is 10.1. The lowest BCUT2D eigenvalue weighted by molar-refractivity contribution is 0.629. The predicted octanol–water partition coefficient (Wildman–Crippen LogP) is 3.90. The molecule has 0 aliphatic rings. The quantitative estimate of drug-likeness (QED) is 0.890. The van der Waals surface area contributed by atoms with E-state index in [4.69, 9.17) is 0 Å². The molecular formula is C14H18BrN5. The minimum atomic E-state index is -0.0680. The highest BCUT2D eigenvalue weighted by Gasteiger charge is 2.11. The van der Waals surface area contributed by atoms with E-state index in [9.17, 15) is 0 Å². The zero-order valence-corrected chi connectivity index (χ0v) is 13.6. The Morgan fingerprint density at radius 3 is 2.60 bits per heavy atom. The molecule has 0 fully saturated rings. The van der Waals surface area contributed by atoms with Gasteiger partial charge in [0, 0.05) is 15.7 Å². The van der Waals surface area contributed by atoms with Crippen LogP contribution >= 0.6 is 15.9 Å². The number of aryl methyl sites for hydroxylation is 1. The maximum absolute atomic E-state index is 4.40. The molecule has 0 saturated heterocycles. The molecule has 1 aromatic carbocycles. The van der Waals surface area contributed by atoms with Crippen molar-refractivity contribution in [3.05, 3.63) is 34.4 Å². The number of hydrogen-bond acceptors (Lipinski definition) is 5. The molecule has 0 aliphatic heterocycles. The molecule has 1 heterocycles. The second kappa shape index (κ2) is 5.75. The molecular weight excluding hydrogens is 318 g/mol. The van der Waals surface area contributed by atoms with E-state index in [1.165, 1.54) is 0 Å². The molecule has 2 aromatic rings. The molecule has 0 unspecified atom stereocenters. The fourth-order valence-corrected chi connectivity index (χ4v) is 1.90. The third-order valence-corrected chi connectivity index (χ3v) is 3.37. The van der Waals surface area contributed by atoms with Crippen LogP contribution in [-0.4, -0.2) is 20.7 Å². The lowest BCUT2D eigenvalue weighted by Gasteiger charge is -2.20. The van der Waals surface area contributed by atoms with Crippen LogP contribution < -0.4 is 10.6 Å². The Morgan fingerprint density at radius 2 is 1.95 bits per heavy atom. The molecule has 0 atom stereocenters. The zero-order valence-electron chi connectivity index (χ0n) is 12.0. The van der Waals surface area contributed by atoms with Crippen LogP contribution in [-0.2, 0) is 0 Å².